The highest BCUT2D eigenvalue weighted by Gasteiger charge is 2.22. The zero-order valence-corrected chi connectivity index (χ0v) is 16.8. The van der Waals surface area contributed by atoms with Crippen molar-refractivity contribution in [3.05, 3.63) is 29.8 Å². The Morgan fingerprint density at radius 1 is 1.28 bits per heavy atom. The number of hydrogen-bond acceptors (Lipinski definition) is 4. The Bertz CT molecular complexity index is 670. The van der Waals surface area contributed by atoms with Gasteiger partial charge >= 0.3 is 0 Å². The first-order valence-electron chi connectivity index (χ1n) is 8.19. The zero-order valence-electron chi connectivity index (χ0n) is 16.0. The molecule has 1 aromatic carbocycles. The van der Waals surface area contributed by atoms with Gasteiger partial charge in [0, 0.05) is 32.7 Å². The number of rotatable bonds is 8. The van der Waals surface area contributed by atoms with Gasteiger partial charge in [0.1, 0.15) is 5.75 Å². The van der Waals surface area contributed by atoms with Crippen LogP contribution in [0.3, 0.4) is 0 Å². The van der Waals surface area contributed by atoms with E-state index in [9.17, 15) is 8.42 Å². The maximum absolute atomic E-state index is 11.4. The largest absolute Gasteiger partial charge is 0.494 e. The first-order valence-corrected chi connectivity index (χ1v) is 10.1. The highest BCUT2D eigenvalue weighted by Crippen LogP contribution is 2.13. The molecule has 1 rings (SSSR count). The lowest BCUT2D eigenvalue weighted by molar-refractivity contribution is 0.340. The van der Waals surface area contributed by atoms with E-state index in [2.05, 4.69) is 15.0 Å². The quantitative estimate of drug-likeness (QED) is 0.534. The molecule has 0 aliphatic heterocycles. The van der Waals surface area contributed by atoms with Crippen molar-refractivity contribution in [2.45, 2.75) is 32.9 Å². The topological polar surface area (TPSA) is 83.0 Å². The van der Waals surface area contributed by atoms with E-state index in [0.717, 1.165) is 17.6 Å². The van der Waals surface area contributed by atoms with Crippen molar-refractivity contribution >= 4 is 16.0 Å². The molecule has 0 heterocycles. The average molecular weight is 371 g/mol. The summed E-state index contributed by atoms with van der Waals surface area (Å²) in [5.41, 5.74) is 0.506. The molecule has 0 unspecified atom stereocenters. The summed E-state index contributed by atoms with van der Waals surface area (Å²) in [6.45, 7) is 7.33. The van der Waals surface area contributed by atoms with E-state index in [4.69, 9.17) is 4.74 Å². The Morgan fingerprint density at radius 2 is 1.88 bits per heavy atom. The third-order valence-corrected chi connectivity index (χ3v) is 4.30. The number of benzene rings is 1. The monoisotopic (exact) mass is 370 g/mol. The smallest absolute Gasteiger partial charge is 0.209 e. The van der Waals surface area contributed by atoms with Gasteiger partial charge in [-0.3, -0.25) is 4.99 Å². The van der Waals surface area contributed by atoms with Crippen molar-refractivity contribution in [2.24, 2.45) is 4.99 Å². The van der Waals surface area contributed by atoms with Crippen LogP contribution < -0.4 is 14.8 Å². The van der Waals surface area contributed by atoms with Crippen LogP contribution in [0.2, 0.25) is 0 Å². The minimum absolute atomic E-state index is 0.417. The molecule has 0 aliphatic carbocycles. The molecule has 25 heavy (non-hydrogen) atoms. The molecule has 8 heteroatoms. The summed E-state index contributed by atoms with van der Waals surface area (Å²) in [7, 11) is 0.366. The molecule has 0 spiro atoms. The molecule has 2 N–H and O–H groups in total. The van der Waals surface area contributed by atoms with Crippen molar-refractivity contribution in [3.8, 4) is 5.75 Å². The molecule has 0 bridgehead atoms. The van der Waals surface area contributed by atoms with Crippen LogP contribution in [-0.4, -0.2) is 58.3 Å². The summed E-state index contributed by atoms with van der Waals surface area (Å²) < 4.78 is 30.9. The van der Waals surface area contributed by atoms with E-state index in [0.29, 0.717) is 25.7 Å². The average Bonchev–Trinajstić information content (AvgIpc) is 2.47. The van der Waals surface area contributed by atoms with Gasteiger partial charge in [0.15, 0.2) is 5.96 Å². The minimum Gasteiger partial charge on any atom is -0.494 e. The molecule has 0 aromatic heterocycles. The maximum Gasteiger partial charge on any atom is 0.209 e. The van der Waals surface area contributed by atoms with Crippen molar-refractivity contribution in [2.75, 3.05) is 33.5 Å². The normalized spacial score (nSPS) is 12.8. The molecule has 0 fully saturated rings. The Kier molecular flexibility index (Phi) is 7.69. The summed E-state index contributed by atoms with van der Waals surface area (Å²) in [6.07, 6.45) is 1.15. The van der Waals surface area contributed by atoms with Crippen molar-refractivity contribution in [1.82, 2.24) is 14.9 Å². The standard InChI is InChI=1S/C17H30N4O3S/c1-7-24-15-10-8-14(9-11-15)12-21(5)16(18-4)19-13-17(2,3)20-25(6,22)23/h8-11,20H,7,12-13H2,1-6H3,(H,18,19). The number of guanidine groups is 1. The molecular formula is C17H30N4O3S. The SMILES string of the molecule is CCOc1ccc(CN(C)C(=NC)NCC(C)(C)NS(C)(=O)=O)cc1. The molecule has 0 aliphatic rings. The van der Waals surface area contributed by atoms with E-state index in [1.54, 1.807) is 7.05 Å². The molecule has 0 amide bonds. The van der Waals surface area contributed by atoms with Crippen molar-refractivity contribution in [3.63, 3.8) is 0 Å². The van der Waals surface area contributed by atoms with Crippen molar-refractivity contribution in [1.29, 1.82) is 0 Å². The predicted molar refractivity (Wildman–Crippen MR) is 102 cm³/mol. The van der Waals surface area contributed by atoms with E-state index in [1.165, 1.54) is 0 Å². The summed E-state index contributed by atoms with van der Waals surface area (Å²) >= 11 is 0. The fourth-order valence-corrected chi connectivity index (χ4v) is 3.51. The first kappa shape index (κ1) is 21.2. The van der Waals surface area contributed by atoms with Crippen LogP contribution in [0.5, 0.6) is 5.75 Å². The van der Waals surface area contributed by atoms with Crippen LogP contribution in [0.15, 0.2) is 29.3 Å². The third kappa shape index (κ3) is 8.22. The van der Waals surface area contributed by atoms with Gasteiger partial charge in [-0.05, 0) is 38.5 Å². The van der Waals surface area contributed by atoms with E-state index in [1.807, 2.05) is 57.0 Å². The Balaban J connectivity index is 2.64. The fourth-order valence-electron chi connectivity index (χ4n) is 2.43. The minimum atomic E-state index is -3.27. The van der Waals surface area contributed by atoms with E-state index >= 15 is 0 Å². The Morgan fingerprint density at radius 3 is 2.36 bits per heavy atom. The van der Waals surface area contributed by atoms with Gasteiger partial charge in [-0.15, -0.1) is 0 Å². The number of nitrogens with zero attached hydrogens (tertiary/aromatic N) is 2. The molecule has 7 nitrogen and oxygen atoms in total. The van der Waals surface area contributed by atoms with Gasteiger partial charge in [0.2, 0.25) is 10.0 Å². The summed E-state index contributed by atoms with van der Waals surface area (Å²) in [4.78, 5) is 6.24. The summed E-state index contributed by atoms with van der Waals surface area (Å²) in [5.74, 6) is 1.54. The van der Waals surface area contributed by atoms with Crippen molar-refractivity contribution < 1.29 is 13.2 Å². The second-order valence-electron chi connectivity index (χ2n) is 6.59. The van der Waals surface area contributed by atoms with Gasteiger partial charge in [-0.1, -0.05) is 12.1 Å². The Labute approximate surface area is 151 Å². The fraction of sp³-hybridized carbons (Fsp3) is 0.588. The number of ether oxygens (including phenoxy) is 1. The molecular weight excluding hydrogens is 340 g/mol. The highest BCUT2D eigenvalue weighted by molar-refractivity contribution is 7.88. The lowest BCUT2D eigenvalue weighted by Crippen LogP contribution is -2.53. The molecule has 0 atom stereocenters. The number of aliphatic imine (C=N–C) groups is 1. The predicted octanol–water partition coefficient (Wildman–Crippen LogP) is 1.42. The van der Waals surface area contributed by atoms with E-state index < -0.39 is 15.6 Å². The lowest BCUT2D eigenvalue weighted by atomic mass is 10.1. The zero-order chi connectivity index (χ0) is 19.1. The van der Waals surface area contributed by atoms with Crippen LogP contribution in [-0.2, 0) is 16.6 Å². The molecule has 0 saturated heterocycles. The first-order chi connectivity index (χ1) is 11.6. The molecule has 0 saturated carbocycles. The van der Waals surface area contributed by atoms with Crippen LogP contribution in [0.4, 0.5) is 0 Å². The van der Waals surface area contributed by atoms with Crippen LogP contribution in [0.25, 0.3) is 0 Å². The molecule has 0 radical (unpaired) electrons. The number of hydrogen-bond donors (Lipinski definition) is 2. The summed E-state index contributed by atoms with van der Waals surface area (Å²) in [5, 5.41) is 3.21. The number of sulfonamides is 1. The Hall–Kier alpha value is -1.80. The van der Waals surface area contributed by atoms with Gasteiger partial charge in [-0.25, -0.2) is 13.1 Å². The van der Waals surface area contributed by atoms with Gasteiger partial charge in [0.25, 0.3) is 0 Å². The third-order valence-electron chi connectivity index (χ3n) is 3.38. The van der Waals surface area contributed by atoms with E-state index in [-0.39, 0.29) is 0 Å². The molecule has 1 aromatic rings. The second kappa shape index (κ2) is 9.05. The van der Waals surface area contributed by atoms with Gasteiger partial charge in [-0.2, -0.15) is 0 Å². The van der Waals surface area contributed by atoms with Crippen LogP contribution in [0.1, 0.15) is 26.3 Å². The summed E-state index contributed by atoms with van der Waals surface area (Å²) in [6, 6.07) is 7.93. The highest BCUT2D eigenvalue weighted by atomic mass is 32.2. The van der Waals surface area contributed by atoms with Gasteiger partial charge < -0.3 is 15.0 Å². The molecule has 142 valence electrons. The second-order valence-corrected chi connectivity index (χ2v) is 8.34. The maximum atomic E-state index is 11.4. The lowest BCUT2D eigenvalue weighted by Gasteiger charge is -2.29. The van der Waals surface area contributed by atoms with Crippen LogP contribution in [0, 0.1) is 0 Å². The van der Waals surface area contributed by atoms with Crippen LogP contribution >= 0.6 is 0 Å². The van der Waals surface area contributed by atoms with Gasteiger partial charge in [0.05, 0.1) is 12.9 Å². The number of nitrogens with one attached hydrogen (secondary N) is 2.